The molecule has 2 aromatic rings. The van der Waals surface area contributed by atoms with Gasteiger partial charge in [-0.25, -0.2) is 0 Å². The fourth-order valence-electron chi connectivity index (χ4n) is 2.31. The normalized spacial score (nSPS) is 16.6. The van der Waals surface area contributed by atoms with Crippen LogP contribution < -0.4 is 5.32 Å². The number of aromatic nitrogens is 1. The van der Waals surface area contributed by atoms with E-state index >= 15 is 0 Å². The summed E-state index contributed by atoms with van der Waals surface area (Å²) in [5, 5.41) is 1.65. The Labute approximate surface area is 150 Å². The number of carbonyl (C=O) groups excluding carboxylic acids is 2. The molecule has 3 rings (SSSR count). The Hall–Kier alpha value is -2.55. The summed E-state index contributed by atoms with van der Waals surface area (Å²) in [6.45, 7) is -0.00971. The second-order valence-corrected chi connectivity index (χ2v) is 6.73. The lowest BCUT2D eigenvalue weighted by molar-refractivity contribution is -0.145. The van der Waals surface area contributed by atoms with Crippen LogP contribution in [0.15, 0.2) is 47.5 Å². The summed E-state index contributed by atoms with van der Waals surface area (Å²) in [5.41, 5.74) is -0.176. The molecule has 0 saturated carbocycles. The number of pyridine rings is 1. The van der Waals surface area contributed by atoms with E-state index in [2.05, 4.69) is 10.3 Å². The van der Waals surface area contributed by atoms with Crippen molar-refractivity contribution in [2.24, 2.45) is 0 Å². The third-order valence-corrected chi connectivity index (χ3v) is 4.86. The summed E-state index contributed by atoms with van der Waals surface area (Å²) in [4.78, 5) is 28.5. The van der Waals surface area contributed by atoms with Crippen LogP contribution in [0.3, 0.4) is 0 Å². The molecule has 1 aliphatic heterocycles. The molecule has 0 fully saturated rings. The molecule has 26 heavy (non-hydrogen) atoms. The zero-order chi connectivity index (χ0) is 18.7. The van der Waals surface area contributed by atoms with Crippen molar-refractivity contribution in [2.75, 3.05) is 5.32 Å². The predicted octanol–water partition coefficient (Wildman–Crippen LogP) is 3.65. The molecule has 136 valence electrons. The van der Waals surface area contributed by atoms with Crippen LogP contribution in [0.1, 0.15) is 17.7 Å². The lowest BCUT2D eigenvalue weighted by Gasteiger charge is -2.24. The minimum atomic E-state index is -4.49. The molecule has 1 aliphatic rings. The maximum absolute atomic E-state index is 12.7. The molecule has 0 spiro atoms. The van der Waals surface area contributed by atoms with Crippen molar-refractivity contribution in [3.8, 4) is 0 Å². The van der Waals surface area contributed by atoms with Gasteiger partial charge in [0.1, 0.15) is 6.61 Å². The average Bonchev–Trinajstić information content (AvgIpc) is 2.60. The van der Waals surface area contributed by atoms with Crippen molar-refractivity contribution in [1.29, 1.82) is 0 Å². The number of hydrogen-bond donors (Lipinski definition) is 1. The molecule has 5 nitrogen and oxygen atoms in total. The molecule has 1 unspecified atom stereocenters. The third kappa shape index (κ3) is 4.34. The fraction of sp³-hybridized carbons (Fsp3) is 0.235. The molecule has 0 radical (unpaired) electrons. The minimum absolute atomic E-state index is 0.00971. The lowest BCUT2D eigenvalue weighted by atomic mass is 10.1. The van der Waals surface area contributed by atoms with E-state index in [0.29, 0.717) is 10.6 Å². The van der Waals surface area contributed by atoms with Crippen LogP contribution >= 0.6 is 11.8 Å². The van der Waals surface area contributed by atoms with Gasteiger partial charge in [0, 0.05) is 11.1 Å². The SMILES string of the molecule is O=C(CC1Sc2ccc(C(F)(F)F)cc2NC1=O)OCc1ccccn1. The third-order valence-electron chi connectivity index (χ3n) is 3.59. The number of nitrogens with zero attached hydrogens (tertiary/aromatic N) is 1. The average molecular weight is 382 g/mol. The van der Waals surface area contributed by atoms with Crippen molar-refractivity contribution in [1.82, 2.24) is 4.98 Å². The molecule has 2 heterocycles. The van der Waals surface area contributed by atoms with Gasteiger partial charge in [0.2, 0.25) is 5.91 Å². The Bertz CT molecular complexity index is 828. The van der Waals surface area contributed by atoms with Gasteiger partial charge in [-0.3, -0.25) is 14.6 Å². The molecule has 0 bridgehead atoms. The second-order valence-electron chi connectivity index (χ2n) is 5.49. The van der Waals surface area contributed by atoms with Gasteiger partial charge in [-0.05, 0) is 30.3 Å². The largest absolute Gasteiger partial charge is 0.459 e. The van der Waals surface area contributed by atoms with Gasteiger partial charge in [-0.1, -0.05) is 6.07 Å². The molecule has 1 aromatic carbocycles. The molecule has 1 atom stereocenters. The molecule has 9 heteroatoms. The number of thioether (sulfide) groups is 1. The zero-order valence-corrected chi connectivity index (χ0v) is 14.1. The quantitative estimate of drug-likeness (QED) is 0.818. The van der Waals surface area contributed by atoms with Gasteiger partial charge in [0.25, 0.3) is 0 Å². The summed E-state index contributed by atoms with van der Waals surface area (Å²) in [6, 6.07) is 8.30. The van der Waals surface area contributed by atoms with Crippen LogP contribution in [-0.2, 0) is 27.1 Å². The second kappa shape index (κ2) is 7.36. The van der Waals surface area contributed by atoms with Crippen molar-refractivity contribution < 1.29 is 27.5 Å². The first-order valence-corrected chi connectivity index (χ1v) is 8.45. The highest BCUT2D eigenvalue weighted by Crippen LogP contribution is 2.40. The van der Waals surface area contributed by atoms with E-state index in [1.54, 1.807) is 24.4 Å². The Balaban J connectivity index is 1.62. The topological polar surface area (TPSA) is 68.3 Å². The number of fused-ring (bicyclic) bond motifs is 1. The number of carbonyl (C=O) groups is 2. The van der Waals surface area contributed by atoms with Crippen molar-refractivity contribution in [2.45, 2.75) is 29.3 Å². The zero-order valence-electron chi connectivity index (χ0n) is 13.2. The number of halogens is 3. The predicted molar refractivity (Wildman–Crippen MR) is 88.4 cm³/mol. The molecule has 1 aromatic heterocycles. The minimum Gasteiger partial charge on any atom is -0.459 e. The fourth-order valence-corrected chi connectivity index (χ4v) is 3.38. The van der Waals surface area contributed by atoms with Crippen LogP contribution in [0.5, 0.6) is 0 Å². The number of benzene rings is 1. The summed E-state index contributed by atoms with van der Waals surface area (Å²) in [7, 11) is 0. The van der Waals surface area contributed by atoms with Gasteiger partial charge >= 0.3 is 12.1 Å². The number of ether oxygens (including phenoxy) is 1. The lowest BCUT2D eigenvalue weighted by Crippen LogP contribution is -2.31. The van der Waals surface area contributed by atoms with Crippen molar-refractivity contribution in [3.63, 3.8) is 0 Å². The standard InChI is InChI=1S/C17H13F3N2O3S/c18-17(19,20)10-4-5-13-12(7-10)22-16(24)14(26-13)8-15(23)25-9-11-3-1-2-6-21-11/h1-7,14H,8-9H2,(H,22,24). The van der Waals surface area contributed by atoms with Crippen LogP contribution in [0.2, 0.25) is 0 Å². The van der Waals surface area contributed by atoms with Crippen LogP contribution in [0.25, 0.3) is 0 Å². The first kappa shape index (κ1) is 18.2. The van der Waals surface area contributed by atoms with Gasteiger partial charge in [-0.2, -0.15) is 13.2 Å². The maximum atomic E-state index is 12.7. The van der Waals surface area contributed by atoms with E-state index in [9.17, 15) is 22.8 Å². The van der Waals surface area contributed by atoms with Crippen molar-refractivity contribution >= 4 is 29.3 Å². The molecular formula is C17H13F3N2O3S. The number of anilines is 1. The van der Waals surface area contributed by atoms with Crippen LogP contribution in [-0.4, -0.2) is 22.1 Å². The summed E-state index contributed by atoms with van der Waals surface area (Å²) >= 11 is 1.04. The Morgan fingerprint density at radius 3 is 2.77 bits per heavy atom. The monoisotopic (exact) mass is 382 g/mol. The van der Waals surface area contributed by atoms with Gasteiger partial charge in [0.15, 0.2) is 0 Å². The number of amides is 1. The first-order chi connectivity index (χ1) is 12.3. The highest BCUT2D eigenvalue weighted by Gasteiger charge is 2.34. The number of rotatable bonds is 4. The Morgan fingerprint density at radius 2 is 2.08 bits per heavy atom. The summed E-state index contributed by atoms with van der Waals surface area (Å²) in [6.07, 6.45) is -3.11. The highest BCUT2D eigenvalue weighted by atomic mass is 32.2. The molecule has 0 aliphatic carbocycles. The summed E-state index contributed by atoms with van der Waals surface area (Å²) < 4.78 is 43.3. The molecular weight excluding hydrogens is 369 g/mol. The smallest absolute Gasteiger partial charge is 0.416 e. The number of alkyl halides is 3. The highest BCUT2D eigenvalue weighted by molar-refractivity contribution is 8.01. The van der Waals surface area contributed by atoms with E-state index in [0.717, 1.165) is 23.9 Å². The van der Waals surface area contributed by atoms with Gasteiger partial charge < -0.3 is 10.1 Å². The van der Waals surface area contributed by atoms with Gasteiger partial charge in [-0.15, -0.1) is 11.8 Å². The van der Waals surface area contributed by atoms with Gasteiger partial charge in [0.05, 0.1) is 28.6 Å². The van der Waals surface area contributed by atoms with E-state index in [1.807, 2.05) is 0 Å². The summed E-state index contributed by atoms with van der Waals surface area (Å²) in [5.74, 6) is -1.12. The van der Waals surface area contributed by atoms with E-state index < -0.39 is 28.9 Å². The number of esters is 1. The van der Waals surface area contributed by atoms with E-state index in [1.165, 1.54) is 6.07 Å². The Morgan fingerprint density at radius 1 is 1.27 bits per heavy atom. The van der Waals surface area contributed by atoms with Crippen LogP contribution in [0.4, 0.5) is 18.9 Å². The van der Waals surface area contributed by atoms with E-state index in [4.69, 9.17) is 4.74 Å². The molecule has 0 saturated heterocycles. The number of hydrogen-bond acceptors (Lipinski definition) is 5. The van der Waals surface area contributed by atoms with Crippen LogP contribution in [0, 0.1) is 0 Å². The Kier molecular flexibility index (Phi) is 5.17. The molecule has 1 N–H and O–H groups in total. The maximum Gasteiger partial charge on any atom is 0.416 e. The molecule has 1 amide bonds. The number of nitrogens with one attached hydrogen (secondary N) is 1. The van der Waals surface area contributed by atoms with Crippen molar-refractivity contribution in [3.05, 3.63) is 53.9 Å². The van der Waals surface area contributed by atoms with E-state index in [-0.39, 0.29) is 18.7 Å². The first-order valence-electron chi connectivity index (χ1n) is 7.57.